The molecule has 0 bridgehead atoms. The molecule has 0 aromatic heterocycles. The van der Waals surface area contributed by atoms with Crippen molar-refractivity contribution in [1.29, 1.82) is 0 Å². The van der Waals surface area contributed by atoms with E-state index in [0.717, 1.165) is 19.3 Å². The van der Waals surface area contributed by atoms with Crippen molar-refractivity contribution in [3.8, 4) is 0 Å². The summed E-state index contributed by atoms with van der Waals surface area (Å²) in [4.78, 5) is 0. The normalized spacial score (nSPS) is 48.0. The van der Waals surface area contributed by atoms with E-state index in [1.807, 2.05) is 0 Å². The van der Waals surface area contributed by atoms with E-state index < -0.39 is 6.17 Å². The molecule has 1 aliphatic heterocycles. The molecule has 1 aliphatic carbocycles. The standard InChI is InChI=1S/C8H13FO/c1-5(9)6-2-3-7-8(4-6)10-7/h5-8H,2-4H2,1H3. The van der Waals surface area contributed by atoms with E-state index in [9.17, 15) is 4.39 Å². The van der Waals surface area contributed by atoms with Crippen molar-refractivity contribution in [2.75, 3.05) is 0 Å². The minimum atomic E-state index is -0.634. The highest BCUT2D eigenvalue weighted by molar-refractivity contribution is 4.92. The van der Waals surface area contributed by atoms with Crippen molar-refractivity contribution >= 4 is 0 Å². The second-order valence-corrected chi connectivity index (χ2v) is 3.46. The lowest BCUT2D eigenvalue weighted by atomic mass is 9.87. The molecule has 2 rings (SSSR count). The smallest absolute Gasteiger partial charge is 0.100 e. The van der Waals surface area contributed by atoms with Crippen molar-refractivity contribution in [3.63, 3.8) is 0 Å². The van der Waals surface area contributed by atoms with Crippen LogP contribution < -0.4 is 0 Å². The highest BCUT2D eigenvalue weighted by Gasteiger charge is 2.44. The van der Waals surface area contributed by atoms with Gasteiger partial charge in [-0.15, -0.1) is 0 Å². The number of hydrogen-bond donors (Lipinski definition) is 0. The van der Waals surface area contributed by atoms with Gasteiger partial charge in [0.1, 0.15) is 6.17 Å². The predicted molar refractivity (Wildman–Crippen MR) is 36.6 cm³/mol. The van der Waals surface area contributed by atoms with Crippen LogP contribution in [0.15, 0.2) is 0 Å². The van der Waals surface area contributed by atoms with Crippen LogP contribution in [0.1, 0.15) is 26.2 Å². The lowest BCUT2D eigenvalue weighted by Gasteiger charge is -2.19. The molecule has 1 saturated carbocycles. The first kappa shape index (κ1) is 6.59. The third kappa shape index (κ3) is 1.05. The highest BCUT2D eigenvalue weighted by Crippen LogP contribution is 2.40. The van der Waals surface area contributed by atoms with Gasteiger partial charge < -0.3 is 4.74 Å². The van der Waals surface area contributed by atoms with Gasteiger partial charge >= 0.3 is 0 Å². The second kappa shape index (κ2) is 2.19. The lowest BCUT2D eigenvalue weighted by molar-refractivity contribution is 0.207. The van der Waals surface area contributed by atoms with E-state index in [1.165, 1.54) is 0 Å². The van der Waals surface area contributed by atoms with Crippen LogP contribution in [0.4, 0.5) is 4.39 Å². The summed E-state index contributed by atoms with van der Waals surface area (Å²) < 4.78 is 18.0. The average Bonchev–Trinajstić information content (AvgIpc) is 2.63. The van der Waals surface area contributed by atoms with Gasteiger partial charge in [-0.3, -0.25) is 0 Å². The monoisotopic (exact) mass is 144 g/mol. The minimum Gasteiger partial charge on any atom is -0.370 e. The SMILES string of the molecule is CC(F)C1CCC2OC2C1. The van der Waals surface area contributed by atoms with Crippen molar-refractivity contribution in [1.82, 2.24) is 0 Å². The average molecular weight is 144 g/mol. The first-order valence-corrected chi connectivity index (χ1v) is 4.07. The first-order valence-electron chi connectivity index (χ1n) is 4.07. The minimum absolute atomic E-state index is 0.281. The Hall–Kier alpha value is -0.110. The van der Waals surface area contributed by atoms with Crippen molar-refractivity contribution in [2.24, 2.45) is 5.92 Å². The van der Waals surface area contributed by atoms with E-state index in [1.54, 1.807) is 6.92 Å². The molecule has 0 aromatic rings. The number of fused-ring (bicyclic) bond motifs is 1. The number of rotatable bonds is 1. The summed E-state index contributed by atoms with van der Waals surface area (Å²) in [5.74, 6) is 0.281. The van der Waals surface area contributed by atoms with Crippen LogP contribution in [-0.4, -0.2) is 18.4 Å². The maximum absolute atomic E-state index is 12.7. The number of epoxide rings is 1. The van der Waals surface area contributed by atoms with Gasteiger partial charge in [-0.05, 0) is 32.1 Å². The third-order valence-electron chi connectivity index (χ3n) is 2.69. The number of hydrogen-bond acceptors (Lipinski definition) is 1. The molecule has 10 heavy (non-hydrogen) atoms. The highest BCUT2D eigenvalue weighted by atomic mass is 19.1. The number of halogens is 1. The van der Waals surface area contributed by atoms with E-state index in [-0.39, 0.29) is 5.92 Å². The van der Waals surface area contributed by atoms with Crippen molar-refractivity contribution in [2.45, 2.75) is 44.6 Å². The van der Waals surface area contributed by atoms with Crippen LogP contribution in [-0.2, 0) is 4.74 Å². The zero-order chi connectivity index (χ0) is 7.14. The topological polar surface area (TPSA) is 12.5 Å². The zero-order valence-electron chi connectivity index (χ0n) is 6.22. The van der Waals surface area contributed by atoms with Gasteiger partial charge in [0.15, 0.2) is 0 Å². The fourth-order valence-corrected chi connectivity index (χ4v) is 1.85. The van der Waals surface area contributed by atoms with Crippen LogP contribution in [0.2, 0.25) is 0 Å². The van der Waals surface area contributed by atoms with Gasteiger partial charge in [-0.25, -0.2) is 4.39 Å². The molecular weight excluding hydrogens is 131 g/mol. The Labute approximate surface area is 60.6 Å². The zero-order valence-corrected chi connectivity index (χ0v) is 6.22. The number of ether oxygens (including phenoxy) is 1. The molecule has 4 unspecified atom stereocenters. The van der Waals surface area contributed by atoms with E-state index >= 15 is 0 Å². The summed E-state index contributed by atoms with van der Waals surface area (Å²) in [6.07, 6.45) is 3.38. The molecule has 0 N–H and O–H groups in total. The Morgan fingerprint density at radius 2 is 2.20 bits per heavy atom. The van der Waals surface area contributed by atoms with Crippen molar-refractivity contribution < 1.29 is 9.13 Å². The largest absolute Gasteiger partial charge is 0.370 e. The van der Waals surface area contributed by atoms with E-state index in [0.29, 0.717) is 12.2 Å². The Balaban J connectivity index is 1.88. The van der Waals surface area contributed by atoms with Crippen LogP contribution in [0, 0.1) is 5.92 Å². The Bertz CT molecular complexity index is 135. The molecule has 0 aromatic carbocycles. The summed E-state index contributed by atoms with van der Waals surface area (Å²) in [5, 5.41) is 0. The fourth-order valence-electron chi connectivity index (χ4n) is 1.85. The van der Waals surface area contributed by atoms with Gasteiger partial charge in [0.2, 0.25) is 0 Å². The quantitative estimate of drug-likeness (QED) is 0.512. The molecule has 2 aliphatic rings. The molecule has 0 spiro atoms. The van der Waals surface area contributed by atoms with Gasteiger partial charge in [0.25, 0.3) is 0 Å². The third-order valence-corrected chi connectivity index (χ3v) is 2.69. The van der Waals surface area contributed by atoms with Crippen LogP contribution in [0.5, 0.6) is 0 Å². The Morgan fingerprint density at radius 3 is 2.80 bits per heavy atom. The molecule has 0 radical (unpaired) electrons. The maximum Gasteiger partial charge on any atom is 0.100 e. The molecular formula is C8H13FO. The van der Waals surface area contributed by atoms with Crippen LogP contribution in [0.25, 0.3) is 0 Å². The predicted octanol–water partition coefficient (Wildman–Crippen LogP) is 1.91. The van der Waals surface area contributed by atoms with Crippen LogP contribution >= 0.6 is 0 Å². The Morgan fingerprint density at radius 1 is 1.40 bits per heavy atom. The van der Waals surface area contributed by atoms with Gasteiger partial charge in [0, 0.05) is 0 Å². The molecule has 4 atom stereocenters. The first-order chi connectivity index (χ1) is 4.77. The van der Waals surface area contributed by atoms with Gasteiger partial charge in [-0.2, -0.15) is 0 Å². The number of alkyl halides is 1. The van der Waals surface area contributed by atoms with Crippen LogP contribution in [0.3, 0.4) is 0 Å². The maximum atomic E-state index is 12.7. The second-order valence-electron chi connectivity index (χ2n) is 3.46. The van der Waals surface area contributed by atoms with Gasteiger partial charge in [-0.1, -0.05) is 0 Å². The summed E-state index contributed by atoms with van der Waals surface area (Å²) in [7, 11) is 0. The summed E-state index contributed by atoms with van der Waals surface area (Å²) in [6.45, 7) is 1.66. The van der Waals surface area contributed by atoms with Gasteiger partial charge in [0.05, 0.1) is 12.2 Å². The van der Waals surface area contributed by atoms with Crippen molar-refractivity contribution in [3.05, 3.63) is 0 Å². The summed E-state index contributed by atoms with van der Waals surface area (Å²) in [6, 6.07) is 0. The molecule has 2 fully saturated rings. The molecule has 1 nitrogen and oxygen atoms in total. The Kier molecular flexibility index (Phi) is 1.44. The lowest BCUT2D eigenvalue weighted by Crippen LogP contribution is -2.20. The molecule has 1 saturated heterocycles. The molecule has 58 valence electrons. The fraction of sp³-hybridized carbons (Fsp3) is 1.00. The molecule has 1 heterocycles. The summed E-state index contributed by atoms with van der Waals surface area (Å²) in [5.41, 5.74) is 0. The molecule has 0 amide bonds. The van der Waals surface area contributed by atoms with E-state index in [4.69, 9.17) is 4.74 Å². The summed E-state index contributed by atoms with van der Waals surface area (Å²) >= 11 is 0. The van der Waals surface area contributed by atoms with E-state index in [2.05, 4.69) is 0 Å². The molecule has 2 heteroatoms.